The molecule has 0 aliphatic rings. The summed E-state index contributed by atoms with van der Waals surface area (Å²) in [5, 5.41) is 0. The number of carbonyl (C=O) groups excluding carboxylic acids is 2. The van der Waals surface area contributed by atoms with Crippen molar-refractivity contribution >= 4 is 19.8 Å². The van der Waals surface area contributed by atoms with Gasteiger partial charge in [-0.2, -0.15) is 0 Å². The second-order valence-electron chi connectivity index (χ2n) is 12.6. The molecule has 0 aromatic rings. The number of quaternary nitrogens is 1. The summed E-state index contributed by atoms with van der Waals surface area (Å²) in [6.45, 7) is 4.26. The minimum atomic E-state index is -4.36. The number of phosphoric ester groups is 1. The second kappa shape index (κ2) is 27.8. The number of allylic oxidation sites excluding steroid dienone is 4. The van der Waals surface area contributed by atoms with Gasteiger partial charge in [0.15, 0.2) is 6.10 Å². The van der Waals surface area contributed by atoms with Gasteiger partial charge in [-0.25, -0.2) is 4.57 Å². The third-order valence-electron chi connectivity index (χ3n) is 6.97. The average molecular weight is 647 g/mol. The quantitative estimate of drug-likeness (QED) is 0.0272. The van der Waals surface area contributed by atoms with Crippen molar-refractivity contribution in [3.63, 3.8) is 0 Å². The SMILES string of the molecule is CCC/C=C\C/C=C\CCCCCCCC(=O)OC(COC(=O)CCCCCCCCC)COP(=O)(O)OCC[N+](C)(C)C. The average Bonchev–Trinajstić information content (AvgIpc) is 2.95. The maximum absolute atomic E-state index is 12.5. The van der Waals surface area contributed by atoms with Crippen LogP contribution in [0, 0.1) is 0 Å². The Hall–Kier alpha value is -1.51. The first-order valence-corrected chi connectivity index (χ1v) is 18.6. The predicted molar refractivity (Wildman–Crippen MR) is 178 cm³/mol. The van der Waals surface area contributed by atoms with Gasteiger partial charge in [0.2, 0.25) is 0 Å². The zero-order chi connectivity index (χ0) is 32.9. The van der Waals surface area contributed by atoms with Crippen molar-refractivity contribution in [1.29, 1.82) is 0 Å². The molecule has 9 nitrogen and oxygen atoms in total. The first-order chi connectivity index (χ1) is 21.0. The number of hydrogen-bond donors (Lipinski definition) is 1. The molecule has 0 aliphatic carbocycles. The number of unbranched alkanes of at least 4 members (excludes halogenated alkanes) is 12. The summed E-state index contributed by atoms with van der Waals surface area (Å²) in [5.74, 6) is -0.826. The first-order valence-electron chi connectivity index (χ1n) is 17.1. The van der Waals surface area contributed by atoms with Gasteiger partial charge in [-0.3, -0.25) is 18.6 Å². The molecule has 0 amide bonds. The van der Waals surface area contributed by atoms with Crippen LogP contribution < -0.4 is 0 Å². The first kappa shape index (κ1) is 42.5. The molecular weight excluding hydrogens is 581 g/mol. The number of likely N-dealkylation sites (N-methyl/N-ethyl adjacent to an activating group) is 1. The molecule has 1 N–H and O–H groups in total. The standard InChI is InChI=1S/C34H64NO8P/c1-6-8-10-12-14-15-16-17-18-19-21-23-25-27-34(37)43-32(31-42-44(38,39)41-29-28-35(3,4)5)30-40-33(36)26-24-22-20-13-11-9-7-2/h10,12,15-16,32H,6-9,11,13-14,17-31H2,1-5H3/p+1/b12-10-,16-15-. The van der Waals surface area contributed by atoms with Crippen LogP contribution in [0.5, 0.6) is 0 Å². The lowest BCUT2D eigenvalue weighted by molar-refractivity contribution is -0.870. The number of carbonyl (C=O) groups is 2. The number of esters is 2. The van der Waals surface area contributed by atoms with Crippen LogP contribution in [-0.4, -0.2) is 74.9 Å². The monoisotopic (exact) mass is 646 g/mol. The van der Waals surface area contributed by atoms with Crippen molar-refractivity contribution in [3.05, 3.63) is 24.3 Å². The molecule has 44 heavy (non-hydrogen) atoms. The summed E-state index contributed by atoms with van der Waals surface area (Å²) in [6.07, 6.45) is 25.3. The number of phosphoric acid groups is 1. The van der Waals surface area contributed by atoms with Gasteiger partial charge in [-0.05, 0) is 38.5 Å². The number of rotatable bonds is 30. The lowest BCUT2D eigenvalue weighted by atomic mass is 10.1. The van der Waals surface area contributed by atoms with E-state index in [0.29, 0.717) is 17.4 Å². The van der Waals surface area contributed by atoms with Crippen molar-refractivity contribution in [2.75, 3.05) is 47.5 Å². The van der Waals surface area contributed by atoms with Crippen molar-refractivity contribution in [3.8, 4) is 0 Å². The van der Waals surface area contributed by atoms with Gasteiger partial charge < -0.3 is 18.9 Å². The molecule has 0 rings (SSSR count). The molecular formula is C34H65NO8P+. The van der Waals surface area contributed by atoms with E-state index in [1.807, 2.05) is 21.1 Å². The van der Waals surface area contributed by atoms with Gasteiger partial charge in [0.1, 0.15) is 19.8 Å². The molecule has 0 saturated carbocycles. The van der Waals surface area contributed by atoms with Crippen LogP contribution >= 0.6 is 7.82 Å². The maximum atomic E-state index is 12.5. The normalized spacial score (nSPS) is 14.2. The zero-order valence-electron chi connectivity index (χ0n) is 28.6. The Morgan fingerprint density at radius 3 is 1.89 bits per heavy atom. The van der Waals surface area contributed by atoms with Crippen LogP contribution in [0.15, 0.2) is 24.3 Å². The Bertz CT molecular complexity index is 825. The molecule has 0 heterocycles. The van der Waals surface area contributed by atoms with E-state index in [4.69, 9.17) is 18.5 Å². The largest absolute Gasteiger partial charge is 0.472 e. The maximum Gasteiger partial charge on any atom is 0.472 e. The predicted octanol–water partition coefficient (Wildman–Crippen LogP) is 8.46. The van der Waals surface area contributed by atoms with E-state index in [1.165, 1.54) is 32.1 Å². The van der Waals surface area contributed by atoms with Crippen molar-refractivity contribution < 1.29 is 42.1 Å². The van der Waals surface area contributed by atoms with Gasteiger partial charge in [0, 0.05) is 12.8 Å². The lowest BCUT2D eigenvalue weighted by Gasteiger charge is -2.24. The smallest absolute Gasteiger partial charge is 0.462 e. The van der Waals surface area contributed by atoms with E-state index in [-0.39, 0.29) is 32.0 Å². The highest BCUT2D eigenvalue weighted by Gasteiger charge is 2.27. The Labute approximate surface area is 268 Å². The van der Waals surface area contributed by atoms with E-state index < -0.39 is 26.5 Å². The van der Waals surface area contributed by atoms with E-state index in [2.05, 4.69) is 38.2 Å². The van der Waals surface area contributed by atoms with Crippen molar-refractivity contribution in [1.82, 2.24) is 0 Å². The van der Waals surface area contributed by atoms with Gasteiger partial charge in [-0.1, -0.05) is 102 Å². The Kier molecular flexibility index (Phi) is 26.8. The minimum absolute atomic E-state index is 0.0296. The summed E-state index contributed by atoms with van der Waals surface area (Å²) in [4.78, 5) is 34.9. The highest BCUT2D eigenvalue weighted by atomic mass is 31.2. The third-order valence-corrected chi connectivity index (χ3v) is 7.95. The molecule has 2 atom stereocenters. The fourth-order valence-electron chi connectivity index (χ4n) is 4.23. The van der Waals surface area contributed by atoms with Crippen LogP contribution in [0.1, 0.15) is 129 Å². The molecule has 0 radical (unpaired) electrons. The highest BCUT2D eigenvalue weighted by molar-refractivity contribution is 7.47. The molecule has 0 saturated heterocycles. The third kappa shape index (κ3) is 30.5. The summed E-state index contributed by atoms with van der Waals surface area (Å²) < 4.78 is 33.9. The van der Waals surface area contributed by atoms with E-state index in [0.717, 1.165) is 64.2 Å². The van der Waals surface area contributed by atoms with E-state index in [9.17, 15) is 19.0 Å². The second-order valence-corrected chi connectivity index (χ2v) is 14.0. The van der Waals surface area contributed by atoms with Crippen molar-refractivity contribution in [2.45, 2.75) is 136 Å². The summed E-state index contributed by atoms with van der Waals surface area (Å²) in [6, 6.07) is 0. The van der Waals surface area contributed by atoms with Crippen molar-refractivity contribution in [2.24, 2.45) is 0 Å². The molecule has 0 aliphatic heterocycles. The molecule has 0 aromatic carbocycles. The van der Waals surface area contributed by atoms with Gasteiger partial charge >= 0.3 is 19.8 Å². The number of ether oxygens (including phenoxy) is 2. The van der Waals surface area contributed by atoms with E-state index >= 15 is 0 Å². The Balaban J connectivity index is 4.51. The van der Waals surface area contributed by atoms with Crippen LogP contribution in [0.3, 0.4) is 0 Å². The number of nitrogens with zero attached hydrogens (tertiary/aromatic N) is 1. The lowest BCUT2D eigenvalue weighted by Crippen LogP contribution is -2.37. The zero-order valence-corrected chi connectivity index (χ0v) is 29.5. The fraction of sp³-hybridized carbons (Fsp3) is 0.824. The molecule has 0 bridgehead atoms. The van der Waals surface area contributed by atoms with Gasteiger partial charge in [0.05, 0.1) is 27.7 Å². The summed E-state index contributed by atoms with van der Waals surface area (Å²) in [5.41, 5.74) is 0. The molecule has 2 unspecified atom stereocenters. The molecule has 10 heteroatoms. The summed E-state index contributed by atoms with van der Waals surface area (Å²) >= 11 is 0. The molecule has 258 valence electrons. The van der Waals surface area contributed by atoms with Crippen LogP contribution in [-0.2, 0) is 32.7 Å². The van der Waals surface area contributed by atoms with Crippen LogP contribution in [0.25, 0.3) is 0 Å². The Morgan fingerprint density at radius 1 is 0.705 bits per heavy atom. The fourth-order valence-corrected chi connectivity index (χ4v) is 4.97. The van der Waals surface area contributed by atoms with Crippen LogP contribution in [0.4, 0.5) is 0 Å². The van der Waals surface area contributed by atoms with Crippen LogP contribution in [0.2, 0.25) is 0 Å². The Morgan fingerprint density at radius 2 is 1.27 bits per heavy atom. The van der Waals surface area contributed by atoms with Gasteiger partial charge in [-0.15, -0.1) is 0 Å². The molecule has 0 fully saturated rings. The van der Waals surface area contributed by atoms with Gasteiger partial charge in [0.25, 0.3) is 0 Å². The highest BCUT2D eigenvalue weighted by Crippen LogP contribution is 2.43. The number of hydrogen-bond acceptors (Lipinski definition) is 7. The molecule has 0 spiro atoms. The van der Waals surface area contributed by atoms with E-state index in [1.54, 1.807) is 0 Å². The topological polar surface area (TPSA) is 108 Å². The summed E-state index contributed by atoms with van der Waals surface area (Å²) in [7, 11) is 1.46. The molecule has 0 aromatic heterocycles. The minimum Gasteiger partial charge on any atom is -0.462 e.